The number of rotatable bonds is 9. The predicted octanol–water partition coefficient (Wildman–Crippen LogP) is 5.95. The van der Waals surface area contributed by atoms with Gasteiger partial charge in [0.25, 0.3) is 0 Å². The molecule has 0 atom stereocenters. The molecule has 0 bridgehead atoms. The number of carbonyl (C=O) groups excluding carboxylic acids is 1. The van der Waals surface area contributed by atoms with Gasteiger partial charge < -0.3 is 19.3 Å². The molecule has 1 aliphatic rings. The highest BCUT2D eigenvalue weighted by Gasteiger charge is 2.66. The van der Waals surface area contributed by atoms with Gasteiger partial charge in [-0.1, -0.05) is 17.3 Å². The number of hydrogen-bond acceptors (Lipinski definition) is 7. The van der Waals surface area contributed by atoms with Gasteiger partial charge in [0.2, 0.25) is 5.91 Å². The zero-order valence-electron chi connectivity index (χ0n) is 20.2. The fraction of sp³-hybridized carbons (Fsp3) is 0.185. The number of fused-ring (bicyclic) bond motifs is 1. The van der Waals surface area contributed by atoms with Gasteiger partial charge in [-0.3, -0.25) is 9.78 Å². The molecule has 0 spiro atoms. The second-order valence-corrected chi connectivity index (χ2v) is 8.80. The second-order valence-electron chi connectivity index (χ2n) is 8.80. The van der Waals surface area contributed by atoms with Crippen LogP contribution in [0.15, 0.2) is 47.1 Å². The number of alkyl halides is 3. The molecule has 1 amide bonds. The molecule has 5 rings (SSSR count). The number of benzene rings is 2. The minimum atomic E-state index is -4.47. The van der Waals surface area contributed by atoms with Crippen molar-refractivity contribution in [2.75, 3.05) is 5.32 Å². The Bertz CT molecular complexity index is 1530. The van der Waals surface area contributed by atoms with Gasteiger partial charge in [-0.25, -0.2) is 9.37 Å². The molecule has 2 aromatic heterocycles. The van der Waals surface area contributed by atoms with Crippen molar-refractivity contribution in [2.45, 2.75) is 30.9 Å². The third-order valence-electron chi connectivity index (χ3n) is 6.27. The number of halogens is 4. The number of nitrogens with one attached hydrogen (secondary N) is 1. The summed E-state index contributed by atoms with van der Waals surface area (Å²) in [5.74, 6) is -1.18. The maximum absolute atomic E-state index is 14.9. The Morgan fingerprint density at radius 2 is 1.77 bits per heavy atom. The molecule has 39 heavy (non-hydrogen) atoms. The van der Waals surface area contributed by atoms with E-state index in [1.165, 1.54) is 31.5 Å². The number of anilines is 1. The smallest absolute Gasteiger partial charge is 0.401 e. The first-order chi connectivity index (χ1) is 18.6. The molecule has 0 aliphatic heterocycles. The fourth-order valence-electron chi connectivity index (χ4n) is 4.09. The van der Waals surface area contributed by atoms with Gasteiger partial charge in [-0.05, 0) is 38.3 Å². The average Bonchev–Trinajstić information content (AvgIpc) is 3.59. The summed E-state index contributed by atoms with van der Waals surface area (Å²) in [6, 6.07) is 8.46. The molecule has 4 aromatic rings. The summed E-state index contributed by atoms with van der Waals surface area (Å²) >= 11 is 0. The van der Waals surface area contributed by atoms with E-state index in [9.17, 15) is 22.4 Å². The van der Waals surface area contributed by atoms with Gasteiger partial charge in [-0.15, -0.1) is 0 Å². The first-order valence-electron chi connectivity index (χ1n) is 11.6. The Kier molecular flexibility index (Phi) is 6.87. The van der Waals surface area contributed by atoms with Crippen molar-refractivity contribution in [3.63, 3.8) is 0 Å². The van der Waals surface area contributed by atoms with Crippen LogP contribution in [0.3, 0.4) is 0 Å². The Morgan fingerprint density at radius 3 is 2.38 bits per heavy atom. The van der Waals surface area contributed by atoms with E-state index >= 15 is 0 Å². The van der Waals surface area contributed by atoms with E-state index in [-0.39, 0.29) is 36.4 Å². The number of ether oxygens (including phenoxy) is 2. The Hall–Kier alpha value is -4.22. The molecule has 0 unspecified atom stereocenters. The highest BCUT2D eigenvalue weighted by Crippen LogP contribution is 2.59. The molecule has 4 radical (unpaired) electrons. The van der Waals surface area contributed by atoms with Crippen LogP contribution in [0.25, 0.3) is 22.3 Å². The van der Waals surface area contributed by atoms with Crippen LogP contribution in [0.1, 0.15) is 24.2 Å². The topological polar surface area (TPSA) is 99.4 Å². The maximum Gasteiger partial charge on any atom is 0.401 e. The molecular formula is C27H20F4N4O4. The molecule has 8 nitrogen and oxygen atoms in total. The lowest BCUT2D eigenvalue weighted by Gasteiger charge is -2.14. The third-order valence-corrected chi connectivity index (χ3v) is 6.27. The van der Waals surface area contributed by atoms with Crippen LogP contribution in [0.5, 0.6) is 11.5 Å². The summed E-state index contributed by atoms with van der Waals surface area (Å²) in [5, 5.41) is 5.86. The molecule has 2 aromatic carbocycles. The SMILES string of the molecule is [CH2][CH]Oc1cc2ncc(-c3ccc(CC(=O)Nc4cc(C5(C(F)(F)F)CC5)on4)c(F)c3)nc2cc1O[CH][CH2]. The summed E-state index contributed by atoms with van der Waals surface area (Å²) in [5.41, 5.74) is -0.261. The molecule has 1 aliphatic carbocycles. The first kappa shape index (κ1) is 26.4. The van der Waals surface area contributed by atoms with Crippen LogP contribution in [-0.2, 0) is 16.6 Å². The molecular weight excluding hydrogens is 520 g/mol. The number of aromatic nitrogens is 3. The predicted molar refractivity (Wildman–Crippen MR) is 131 cm³/mol. The van der Waals surface area contributed by atoms with E-state index in [1.807, 2.05) is 0 Å². The summed E-state index contributed by atoms with van der Waals surface area (Å²) in [6.07, 6.45) is -3.60. The Labute approximate surface area is 220 Å². The van der Waals surface area contributed by atoms with Gasteiger partial charge in [-0.2, -0.15) is 13.2 Å². The van der Waals surface area contributed by atoms with E-state index in [2.05, 4.69) is 34.3 Å². The van der Waals surface area contributed by atoms with Crippen LogP contribution >= 0.6 is 0 Å². The monoisotopic (exact) mass is 540 g/mol. The quantitative estimate of drug-likeness (QED) is 0.262. The third kappa shape index (κ3) is 5.23. The maximum atomic E-state index is 14.9. The van der Waals surface area contributed by atoms with Gasteiger partial charge in [0.05, 0.1) is 29.3 Å². The summed E-state index contributed by atoms with van der Waals surface area (Å²) in [6.45, 7) is 9.52. The summed E-state index contributed by atoms with van der Waals surface area (Å²) < 4.78 is 70.2. The van der Waals surface area contributed by atoms with Crippen LogP contribution in [-0.4, -0.2) is 27.2 Å². The van der Waals surface area contributed by atoms with Crippen LogP contribution < -0.4 is 14.8 Å². The molecule has 200 valence electrons. The highest BCUT2D eigenvalue weighted by molar-refractivity contribution is 5.91. The van der Waals surface area contributed by atoms with Gasteiger partial charge in [0.1, 0.15) is 24.4 Å². The fourth-order valence-corrected chi connectivity index (χ4v) is 4.09. The molecule has 1 fully saturated rings. The van der Waals surface area contributed by atoms with Crippen molar-refractivity contribution in [1.29, 1.82) is 0 Å². The molecule has 1 saturated carbocycles. The standard InChI is InChI=1S/C27H20F4N4O4/c1-3-37-21-11-18-19(12-22(21)38-4-2)33-20(14-32-18)16-6-5-15(17(28)9-16)10-25(36)34-24-13-23(39-35-24)26(7-8-26)27(29,30)31/h3-6,9,11-14H,1-2,7-8,10H2,(H,34,35,36). The van der Waals surface area contributed by atoms with Gasteiger partial charge >= 0.3 is 6.18 Å². The zero-order valence-corrected chi connectivity index (χ0v) is 20.2. The normalized spacial score (nSPS) is 14.3. The van der Waals surface area contributed by atoms with Crippen LogP contribution in [0.2, 0.25) is 0 Å². The number of nitrogens with zero attached hydrogens (tertiary/aromatic N) is 3. The molecule has 0 saturated heterocycles. The van der Waals surface area contributed by atoms with Gasteiger partial charge in [0, 0.05) is 23.8 Å². The number of amides is 1. The lowest BCUT2D eigenvalue weighted by atomic mass is 10.0. The van der Waals surface area contributed by atoms with E-state index in [0.29, 0.717) is 33.8 Å². The molecule has 1 N–H and O–H groups in total. The molecule has 2 heterocycles. The van der Waals surface area contributed by atoms with Crippen LogP contribution in [0.4, 0.5) is 23.4 Å². The minimum absolute atomic E-state index is 0.0653. The van der Waals surface area contributed by atoms with Crippen molar-refractivity contribution in [3.05, 3.63) is 86.8 Å². The zero-order chi connectivity index (χ0) is 27.8. The van der Waals surface area contributed by atoms with Crippen molar-refractivity contribution in [1.82, 2.24) is 15.1 Å². The van der Waals surface area contributed by atoms with E-state index < -0.39 is 23.3 Å². The second kappa shape index (κ2) is 10.2. The lowest BCUT2D eigenvalue weighted by molar-refractivity contribution is -0.165. The molecule has 12 heteroatoms. The number of carbonyl (C=O) groups is 1. The summed E-state index contributed by atoms with van der Waals surface area (Å²) in [4.78, 5) is 21.3. The average molecular weight is 540 g/mol. The summed E-state index contributed by atoms with van der Waals surface area (Å²) in [7, 11) is 0. The van der Waals surface area contributed by atoms with Crippen molar-refractivity contribution in [2.24, 2.45) is 0 Å². The van der Waals surface area contributed by atoms with E-state index in [1.54, 1.807) is 18.2 Å². The largest absolute Gasteiger partial charge is 0.483 e. The minimum Gasteiger partial charge on any atom is -0.483 e. The number of hydrogen-bond donors (Lipinski definition) is 1. The van der Waals surface area contributed by atoms with Crippen molar-refractivity contribution in [3.8, 4) is 22.8 Å². The Balaban J connectivity index is 1.30. The van der Waals surface area contributed by atoms with Crippen molar-refractivity contribution < 1.29 is 36.4 Å². The van der Waals surface area contributed by atoms with E-state index in [4.69, 9.17) is 14.0 Å². The highest BCUT2D eigenvalue weighted by atomic mass is 19.4. The van der Waals surface area contributed by atoms with Crippen LogP contribution in [0, 0.1) is 32.9 Å². The van der Waals surface area contributed by atoms with E-state index in [0.717, 1.165) is 6.07 Å². The van der Waals surface area contributed by atoms with Crippen molar-refractivity contribution >= 4 is 22.8 Å². The van der Waals surface area contributed by atoms with Gasteiger partial charge in [0.15, 0.2) is 23.1 Å². The first-order valence-corrected chi connectivity index (χ1v) is 11.6. The Morgan fingerprint density at radius 1 is 1.08 bits per heavy atom. The lowest BCUT2D eigenvalue weighted by Crippen LogP contribution is -2.28.